The van der Waals surface area contributed by atoms with Crippen LogP contribution in [-0.4, -0.2) is 92.2 Å². The third-order valence-electron chi connectivity index (χ3n) is 6.08. The summed E-state index contributed by atoms with van der Waals surface area (Å²) in [5.41, 5.74) is 6.96. The van der Waals surface area contributed by atoms with Crippen LogP contribution in [0.3, 0.4) is 0 Å². The second-order valence-electron chi connectivity index (χ2n) is 8.60. The van der Waals surface area contributed by atoms with Crippen LogP contribution < -0.4 is 16.4 Å². The second kappa shape index (κ2) is 11.6. The molecule has 0 aliphatic carbocycles. The Morgan fingerprint density at radius 3 is 2.50 bits per heavy atom. The van der Waals surface area contributed by atoms with Crippen LogP contribution in [0.5, 0.6) is 0 Å². The summed E-state index contributed by atoms with van der Waals surface area (Å²) in [6.07, 6.45) is 1.58. The first-order valence-electron chi connectivity index (χ1n) is 11.4. The number of nitrogens with one attached hydrogen (secondary N) is 3. The first kappa shape index (κ1) is 26.6. The maximum Gasteiger partial charge on any atom is 0.326 e. The zero-order chi connectivity index (χ0) is 26.4. The summed E-state index contributed by atoms with van der Waals surface area (Å²) in [5, 5.41) is 33.5. The van der Waals surface area contributed by atoms with Gasteiger partial charge in [-0.2, -0.15) is 0 Å². The highest BCUT2D eigenvalue weighted by Gasteiger charge is 2.39. The van der Waals surface area contributed by atoms with Crippen molar-refractivity contribution in [1.82, 2.24) is 20.5 Å². The topological polar surface area (TPSA) is 215 Å². The fraction of sp³-hybridized carbons (Fsp3) is 0.435. The van der Waals surface area contributed by atoms with Crippen LogP contribution in [0.15, 0.2) is 30.5 Å². The number of carboxylic acid groups (broad SMARTS) is 2. The molecule has 8 N–H and O–H groups in total. The molecule has 1 aromatic heterocycles. The molecule has 1 aliphatic heterocycles. The fourth-order valence-corrected chi connectivity index (χ4v) is 4.23. The molecular formula is C23H29N5O8. The summed E-state index contributed by atoms with van der Waals surface area (Å²) in [6.45, 7) is -0.587. The number of hydrogen-bond acceptors (Lipinski definition) is 7. The zero-order valence-corrected chi connectivity index (χ0v) is 19.3. The third kappa shape index (κ3) is 6.17. The lowest BCUT2D eigenvalue weighted by atomic mass is 10.0. The first-order valence-corrected chi connectivity index (χ1v) is 11.4. The van der Waals surface area contributed by atoms with Crippen LogP contribution in [0.1, 0.15) is 24.8 Å². The number of carbonyl (C=O) groups is 5. The van der Waals surface area contributed by atoms with Gasteiger partial charge >= 0.3 is 11.9 Å². The number of aliphatic hydroxyl groups excluding tert-OH is 1. The number of fused-ring (bicyclic) bond motifs is 1. The second-order valence-corrected chi connectivity index (χ2v) is 8.60. The van der Waals surface area contributed by atoms with Crippen molar-refractivity contribution in [2.75, 3.05) is 13.2 Å². The molecule has 1 aliphatic rings. The van der Waals surface area contributed by atoms with Gasteiger partial charge in [0.15, 0.2) is 0 Å². The molecule has 2 heterocycles. The Bertz CT molecular complexity index is 1150. The van der Waals surface area contributed by atoms with Crippen LogP contribution in [0.4, 0.5) is 0 Å². The number of benzene rings is 1. The molecule has 0 spiro atoms. The van der Waals surface area contributed by atoms with Gasteiger partial charge in [0.25, 0.3) is 0 Å². The highest BCUT2D eigenvalue weighted by Crippen LogP contribution is 2.22. The molecule has 36 heavy (non-hydrogen) atoms. The standard InChI is InChI=1S/C23H29N5O8/c24-14(11-29)20(32)26-16(9-19(30)31)22(34)28-7-3-6-18(28)21(33)27-17(23(35)36)8-12-10-25-15-5-2-1-4-13(12)15/h1-2,4-5,10,14,16-18,25,29H,3,6-9,11,24H2,(H,26,32)(H,27,33)(H,30,31)(H,35,36). The van der Waals surface area contributed by atoms with Gasteiger partial charge in [0.1, 0.15) is 24.2 Å². The largest absolute Gasteiger partial charge is 0.481 e. The normalized spacial score (nSPS) is 17.8. The Hall–Kier alpha value is -3.97. The smallest absolute Gasteiger partial charge is 0.326 e. The summed E-state index contributed by atoms with van der Waals surface area (Å²) in [6, 6.07) is 2.15. The number of rotatable bonds is 11. The molecule has 0 bridgehead atoms. The lowest BCUT2D eigenvalue weighted by Crippen LogP contribution is -2.57. The Balaban J connectivity index is 1.73. The van der Waals surface area contributed by atoms with E-state index in [-0.39, 0.29) is 19.4 Å². The number of aliphatic carboxylic acids is 2. The number of nitrogens with two attached hydrogens (primary N) is 1. The molecule has 2 aromatic rings. The number of para-hydroxylation sites is 1. The number of likely N-dealkylation sites (tertiary alicyclic amines) is 1. The SMILES string of the molecule is NC(CO)C(=O)NC(CC(=O)O)C(=O)N1CCCC1C(=O)NC(Cc1c[nH]c2ccccc12)C(=O)O. The molecule has 3 rings (SSSR count). The monoisotopic (exact) mass is 503 g/mol. The van der Waals surface area contributed by atoms with Gasteiger partial charge in [0.05, 0.1) is 13.0 Å². The minimum absolute atomic E-state index is 0.00248. The molecule has 13 heteroatoms. The van der Waals surface area contributed by atoms with E-state index in [4.69, 9.17) is 10.8 Å². The molecule has 4 atom stereocenters. The van der Waals surface area contributed by atoms with Gasteiger partial charge in [0, 0.05) is 30.1 Å². The van der Waals surface area contributed by atoms with Crippen LogP contribution in [0.2, 0.25) is 0 Å². The van der Waals surface area contributed by atoms with Gasteiger partial charge in [-0.25, -0.2) is 4.79 Å². The Morgan fingerprint density at radius 2 is 1.83 bits per heavy atom. The highest BCUT2D eigenvalue weighted by atomic mass is 16.4. The highest BCUT2D eigenvalue weighted by molar-refractivity contribution is 5.96. The predicted octanol–water partition coefficient (Wildman–Crippen LogP) is -1.45. The molecule has 1 aromatic carbocycles. The summed E-state index contributed by atoms with van der Waals surface area (Å²) < 4.78 is 0. The van der Waals surface area contributed by atoms with Crippen LogP contribution >= 0.6 is 0 Å². The van der Waals surface area contributed by atoms with E-state index in [1.165, 1.54) is 0 Å². The van der Waals surface area contributed by atoms with E-state index in [1.807, 2.05) is 24.3 Å². The molecular weight excluding hydrogens is 474 g/mol. The third-order valence-corrected chi connectivity index (χ3v) is 6.08. The van der Waals surface area contributed by atoms with Crippen molar-refractivity contribution in [2.45, 2.75) is 49.9 Å². The number of H-pyrrole nitrogens is 1. The lowest BCUT2D eigenvalue weighted by Gasteiger charge is -2.29. The summed E-state index contributed by atoms with van der Waals surface area (Å²) in [7, 11) is 0. The molecule has 3 amide bonds. The summed E-state index contributed by atoms with van der Waals surface area (Å²) in [4.78, 5) is 65.6. The number of aromatic amines is 1. The Labute approximate surface area is 205 Å². The van der Waals surface area contributed by atoms with Crippen molar-refractivity contribution in [1.29, 1.82) is 0 Å². The van der Waals surface area contributed by atoms with Gasteiger partial charge in [-0.3, -0.25) is 19.2 Å². The summed E-state index contributed by atoms with van der Waals surface area (Å²) in [5.74, 6) is -5.03. The van der Waals surface area contributed by atoms with Crippen LogP contribution in [0.25, 0.3) is 10.9 Å². The number of aromatic nitrogens is 1. The maximum atomic E-state index is 13.1. The average molecular weight is 504 g/mol. The van der Waals surface area contributed by atoms with Gasteiger partial charge in [0.2, 0.25) is 17.7 Å². The van der Waals surface area contributed by atoms with Gasteiger partial charge < -0.3 is 41.6 Å². The van der Waals surface area contributed by atoms with Crippen molar-refractivity contribution in [3.63, 3.8) is 0 Å². The van der Waals surface area contributed by atoms with E-state index in [1.54, 1.807) is 6.20 Å². The van der Waals surface area contributed by atoms with Crippen molar-refractivity contribution < 1.29 is 39.3 Å². The van der Waals surface area contributed by atoms with Gasteiger partial charge in [-0.15, -0.1) is 0 Å². The van der Waals surface area contributed by atoms with E-state index in [0.29, 0.717) is 12.0 Å². The van der Waals surface area contributed by atoms with Crippen molar-refractivity contribution in [3.05, 3.63) is 36.0 Å². The van der Waals surface area contributed by atoms with Crippen LogP contribution in [-0.2, 0) is 30.4 Å². The molecule has 1 fully saturated rings. The average Bonchev–Trinajstić information content (AvgIpc) is 3.49. The molecule has 0 saturated carbocycles. The number of carbonyl (C=O) groups excluding carboxylic acids is 3. The molecule has 13 nitrogen and oxygen atoms in total. The van der Waals surface area contributed by atoms with Crippen molar-refractivity contribution >= 4 is 40.6 Å². The van der Waals surface area contributed by atoms with E-state index < -0.39 is 66.9 Å². The molecule has 194 valence electrons. The Morgan fingerprint density at radius 1 is 1.11 bits per heavy atom. The van der Waals surface area contributed by atoms with E-state index >= 15 is 0 Å². The number of hydrogen-bond donors (Lipinski definition) is 7. The van der Waals surface area contributed by atoms with Crippen molar-refractivity contribution in [2.24, 2.45) is 5.73 Å². The number of aliphatic hydroxyl groups is 1. The zero-order valence-electron chi connectivity index (χ0n) is 19.3. The lowest BCUT2D eigenvalue weighted by molar-refractivity contribution is -0.147. The first-order chi connectivity index (χ1) is 17.1. The number of carboxylic acids is 2. The maximum absolute atomic E-state index is 13.1. The van der Waals surface area contributed by atoms with E-state index in [2.05, 4.69) is 15.6 Å². The minimum Gasteiger partial charge on any atom is -0.481 e. The van der Waals surface area contributed by atoms with Gasteiger partial charge in [-0.1, -0.05) is 18.2 Å². The molecule has 4 unspecified atom stereocenters. The molecule has 1 saturated heterocycles. The Kier molecular flexibility index (Phi) is 8.61. The van der Waals surface area contributed by atoms with E-state index in [9.17, 15) is 34.2 Å². The predicted molar refractivity (Wildman–Crippen MR) is 126 cm³/mol. The summed E-state index contributed by atoms with van der Waals surface area (Å²) >= 11 is 0. The quantitative estimate of drug-likeness (QED) is 0.191. The fourth-order valence-electron chi connectivity index (χ4n) is 4.23. The van der Waals surface area contributed by atoms with Gasteiger partial charge in [-0.05, 0) is 24.5 Å². The number of amides is 3. The minimum atomic E-state index is -1.51. The van der Waals surface area contributed by atoms with Crippen molar-refractivity contribution in [3.8, 4) is 0 Å². The molecule has 0 radical (unpaired) electrons. The number of nitrogens with zero attached hydrogens (tertiary/aromatic N) is 1. The van der Waals surface area contributed by atoms with E-state index in [0.717, 1.165) is 15.8 Å². The van der Waals surface area contributed by atoms with Crippen LogP contribution in [0, 0.1) is 0 Å².